The van der Waals surface area contributed by atoms with Crippen molar-refractivity contribution < 1.29 is 14.6 Å². The van der Waals surface area contributed by atoms with Gasteiger partial charge in [-0.15, -0.1) is 0 Å². The van der Waals surface area contributed by atoms with Gasteiger partial charge in [0, 0.05) is 6.04 Å². The number of hydrogen-bond acceptors (Lipinski definition) is 3. The van der Waals surface area contributed by atoms with Gasteiger partial charge in [0.2, 0.25) is 0 Å². The Morgan fingerprint density at radius 2 is 2.00 bits per heavy atom. The summed E-state index contributed by atoms with van der Waals surface area (Å²) in [7, 11) is 0. The van der Waals surface area contributed by atoms with Gasteiger partial charge >= 0.3 is 6.09 Å². The molecule has 0 heterocycles. The van der Waals surface area contributed by atoms with Gasteiger partial charge < -0.3 is 14.7 Å². The summed E-state index contributed by atoms with van der Waals surface area (Å²) in [4.78, 5) is 13.6. The number of rotatable bonds is 6. The van der Waals surface area contributed by atoms with Crippen molar-refractivity contribution in [3.8, 4) is 0 Å². The van der Waals surface area contributed by atoms with E-state index in [1.54, 1.807) is 12.2 Å². The van der Waals surface area contributed by atoms with E-state index < -0.39 is 12.2 Å². The minimum absolute atomic E-state index is 0.0295. The SMILES string of the molecule is CC=C[C@@H](O)CN(C(=O)OCc1ccccc1)C(C)C. The number of aliphatic hydroxyl groups excluding tert-OH is 1. The standard InChI is InChI=1S/C16H23NO3/c1-4-8-15(18)11-17(13(2)3)16(19)20-12-14-9-6-5-7-10-14/h4-10,13,15,18H,11-12H2,1-3H3/t15-/m1/s1. The molecule has 0 spiro atoms. The number of allylic oxidation sites excluding steroid dienone is 1. The third-order valence-corrected chi connectivity index (χ3v) is 2.86. The first kappa shape index (κ1) is 16.2. The van der Waals surface area contributed by atoms with Crippen LogP contribution in [0.5, 0.6) is 0 Å². The molecule has 4 nitrogen and oxygen atoms in total. The highest BCUT2D eigenvalue weighted by Gasteiger charge is 2.20. The highest BCUT2D eigenvalue weighted by molar-refractivity contribution is 5.68. The molecule has 1 aromatic carbocycles. The van der Waals surface area contributed by atoms with Crippen LogP contribution in [0.15, 0.2) is 42.5 Å². The van der Waals surface area contributed by atoms with Gasteiger partial charge in [-0.1, -0.05) is 42.5 Å². The third-order valence-electron chi connectivity index (χ3n) is 2.86. The van der Waals surface area contributed by atoms with Crippen molar-refractivity contribution in [2.45, 2.75) is 39.5 Å². The van der Waals surface area contributed by atoms with Crippen molar-refractivity contribution in [2.24, 2.45) is 0 Å². The summed E-state index contributed by atoms with van der Waals surface area (Å²) in [5, 5.41) is 9.77. The Labute approximate surface area is 120 Å². The van der Waals surface area contributed by atoms with Gasteiger partial charge in [-0.05, 0) is 26.3 Å². The molecule has 0 saturated heterocycles. The molecule has 0 bridgehead atoms. The molecule has 110 valence electrons. The number of nitrogens with zero attached hydrogens (tertiary/aromatic N) is 1. The molecular formula is C16H23NO3. The second kappa shape index (κ2) is 8.38. The molecule has 1 atom stereocenters. The fourth-order valence-electron chi connectivity index (χ4n) is 1.78. The Bertz CT molecular complexity index is 429. The van der Waals surface area contributed by atoms with Crippen LogP contribution >= 0.6 is 0 Å². The normalized spacial score (nSPS) is 12.7. The van der Waals surface area contributed by atoms with Gasteiger partial charge in [0.15, 0.2) is 0 Å². The van der Waals surface area contributed by atoms with E-state index in [2.05, 4.69) is 0 Å². The minimum atomic E-state index is -0.674. The second-order valence-corrected chi connectivity index (χ2v) is 4.88. The van der Waals surface area contributed by atoms with Crippen LogP contribution in [0.2, 0.25) is 0 Å². The number of hydrogen-bond donors (Lipinski definition) is 1. The first-order valence-corrected chi connectivity index (χ1v) is 6.82. The predicted octanol–water partition coefficient (Wildman–Crippen LogP) is 2.97. The number of carbonyl (C=O) groups excluding carboxylic acids is 1. The molecule has 0 saturated carbocycles. The monoisotopic (exact) mass is 277 g/mol. The molecular weight excluding hydrogens is 254 g/mol. The summed E-state index contributed by atoms with van der Waals surface area (Å²) in [5.41, 5.74) is 0.943. The molecule has 1 aromatic rings. The molecule has 1 rings (SSSR count). The maximum Gasteiger partial charge on any atom is 0.410 e. The fraction of sp³-hybridized carbons (Fsp3) is 0.438. The zero-order valence-electron chi connectivity index (χ0n) is 12.3. The van der Waals surface area contributed by atoms with Crippen molar-refractivity contribution in [1.82, 2.24) is 4.90 Å². The van der Waals surface area contributed by atoms with E-state index in [4.69, 9.17) is 4.74 Å². The van der Waals surface area contributed by atoms with Gasteiger partial charge in [-0.25, -0.2) is 4.79 Å². The van der Waals surface area contributed by atoms with E-state index in [-0.39, 0.29) is 19.2 Å². The van der Waals surface area contributed by atoms with Crippen LogP contribution in [0.3, 0.4) is 0 Å². The second-order valence-electron chi connectivity index (χ2n) is 4.88. The van der Waals surface area contributed by atoms with E-state index in [0.29, 0.717) is 0 Å². The van der Waals surface area contributed by atoms with Crippen LogP contribution in [-0.4, -0.2) is 34.8 Å². The van der Waals surface area contributed by atoms with E-state index in [1.807, 2.05) is 51.1 Å². The Balaban J connectivity index is 2.56. The number of ether oxygens (including phenoxy) is 1. The Morgan fingerprint density at radius 3 is 2.55 bits per heavy atom. The number of benzene rings is 1. The third kappa shape index (κ3) is 5.45. The zero-order chi connectivity index (χ0) is 15.0. The summed E-state index contributed by atoms with van der Waals surface area (Å²) >= 11 is 0. The first-order chi connectivity index (χ1) is 9.54. The molecule has 1 amide bonds. The number of amides is 1. The van der Waals surface area contributed by atoms with Crippen LogP contribution in [0, 0.1) is 0 Å². The molecule has 20 heavy (non-hydrogen) atoms. The zero-order valence-corrected chi connectivity index (χ0v) is 12.3. The van der Waals surface area contributed by atoms with E-state index in [0.717, 1.165) is 5.56 Å². The van der Waals surface area contributed by atoms with Crippen molar-refractivity contribution >= 4 is 6.09 Å². The molecule has 0 radical (unpaired) electrons. The lowest BCUT2D eigenvalue weighted by atomic mass is 10.2. The smallest absolute Gasteiger partial charge is 0.410 e. The van der Waals surface area contributed by atoms with Crippen molar-refractivity contribution in [1.29, 1.82) is 0 Å². The van der Waals surface area contributed by atoms with Crippen LogP contribution in [-0.2, 0) is 11.3 Å². The van der Waals surface area contributed by atoms with Crippen molar-refractivity contribution in [3.63, 3.8) is 0 Å². The Kier molecular flexibility index (Phi) is 6.81. The van der Waals surface area contributed by atoms with Crippen LogP contribution in [0.4, 0.5) is 4.79 Å². The van der Waals surface area contributed by atoms with E-state index in [1.165, 1.54) is 4.90 Å². The maximum atomic E-state index is 12.1. The summed E-state index contributed by atoms with van der Waals surface area (Å²) in [6.45, 7) is 6.09. The average molecular weight is 277 g/mol. The predicted molar refractivity (Wildman–Crippen MR) is 79.3 cm³/mol. The Hall–Kier alpha value is -1.81. The van der Waals surface area contributed by atoms with Crippen molar-refractivity contribution in [3.05, 3.63) is 48.0 Å². The molecule has 0 aliphatic carbocycles. The highest BCUT2D eigenvalue weighted by atomic mass is 16.6. The number of carbonyl (C=O) groups is 1. The van der Waals surface area contributed by atoms with Gasteiger partial charge in [0.1, 0.15) is 6.61 Å². The quantitative estimate of drug-likeness (QED) is 0.813. The molecule has 0 aliphatic heterocycles. The van der Waals surface area contributed by atoms with Gasteiger partial charge in [0.25, 0.3) is 0 Å². The summed E-state index contributed by atoms with van der Waals surface area (Å²) < 4.78 is 5.28. The summed E-state index contributed by atoms with van der Waals surface area (Å²) in [6.07, 6.45) is 2.33. The molecule has 0 unspecified atom stereocenters. The lowest BCUT2D eigenvalue weighted by Gasteiger charge is -2.27. The summed E-state index contributed by atoms with van der Waals surface area (Å²) in [6, 6.07) is 9.50. The van der Waals surface area contributed by atoms with E-state index in [9.17, 15) is 9.90 Å². The topological polar surface area (TPSA) is 49.8 Å². The average Bonchev–Trinajstić information content (AvgIpc) is 2.43. The van der Waals surface area contributed by atoms with Crippen LogP contribution in [0.25, 0.3) is 0 Å². The maximum absolute atomic E-state index is 12.1. The molecule has 0 fully saturated rings. The Morgan fingerprint density at radius 1 is 1.35 bits per heavy atom. The van der Waals surface area contributed by atoms with E-state index >= 15 is 0 Å². The molecule has 0 aliphatic rings. The highest BCUT2D eigenvalue weighted by Crippen LogP contribution is 2.07. The summed E-state index contributed by atoms with van der Waals surface area (Å²) in [5.74, 6) is 0. The van der Waals surface area contributed by atoms with Crippen LogP contribution < -0.4 is 0 Å². The largest absolute Gasteiger partial charge is 0.445 e. The van der Waals surface area contributed by atoms with Crippen LogP contribution in [0.1, 0.15) is 26.3 Å². The van der Waals surface area contributed by atoms with Gasteiger partial charge in [-0.3, -0.25) is 0 Å². The molecule has 1 N–H and O–H groups in total. The van der Waals surface area contributed by atoms with Crippen molar-refractivity contribution in [2.75, 3.05) is 6.54 Å². The first-order valence-electron chi connectivity index (χ1n) is 6.82. The van der Waals surface area contributed by atoms with Gasteiger partial charge in [0.05, 0.1) is 12.6 Å². The molecule has 4 heteroatoms. The lowest BCUT2D eigenvalue weighted by molar-refractivity contribution is 0.0674. The minimum Gasteiger partial charge on any atom is -0.445 e. The van der Waals surface area contributed by atoms with Gasteiger partial charge in [-0.2, -0.15) is 0 Å². The lowest BCUT2D eigenvalue weighted by Crippen LogP contribution is -2.41. The molecule has 0 aromatic heterocycles. The number of aliphatic hydroxyl groups is 1. The fourth-order valence-corrected chi connectivity index (χ4v) is 1.78.